The highest BCUT2D eigenvalue weighted by Gasteiger charge is 2.05. The fourth-order valence-corrected chi connectivity index (χ4v) is 3.14. The van der Waals surface area contributed by atoms with E-state index in [1.54, 1.807) is 22.7 Å². The number of thiol groups is 1. The van der Waals surface area contributed by atoms with Crippen LogP contribution in [0.15, 0.2) is 17.5 Å². The van der Waals surface area contributed by atoms with Crippen molar-refractivity contribution in [2.24, 2.45) is 0 Å². The molecule has 2 aromatic heterocycles. The Bertz CT molecular complexity index is 407. The maximum Gasteiger partial charge on any atom is 0.133 e. The number of nitrogens with zero attached hydrogens (tertiary/aromatic N) is 1. The summed E-state index contributed by atoms with van der Waals surface area (Å²) in [5.41, 5.74) is 1.02. The van der Waals surface area contributed by atoms with Gasteiger partial charge in [0.1, 0.15) is 5.01 Å². The quantitative estimate of drug-likeness (QED) is 0.793. The highest BCUT2D eigenvalue weighted by Crippen LogP contribution is 2.32. The van der Waals surface area contributed by atoms with Gasteiger partial charge in [0.15, 0.2) is 0 Å². The first kappa shape index (κ1) is 9.52. The maximum atomic E-state index is 5.83. The molecule has 0 spiro atoms. The number of hydrogen-bond donors (Lipinski definition) is 1. The van der Waals surface area contributed by atoms with Crippen molar-refractivity contribution in [3.05, 3.63) is 27.5 Å². The first-order chi connectivity index (χ1) is 6.29. The van der Waals surface area contributed by atoms with E-state index in [1.807, 2.05) is 17.5 Å². The second kappa shape index (κ2) is 4.00. The molecule has 0 aliphatic rings. The van der Waals surface area contributed by atoms with Crippen molar-refractivity contribution in [3.8, 4) is 9.88 Å². The number of halogens is 1. The van der Waals surface area contributed by atoms with Gasteiger partial charge in [0.25, 0.3) is 0 Å². The second-order valence-electron chi connectivity index (χ2n) is 2.41. The van der Waals surface area contributed by atoms with E-state index < -0.39 is 0 Å². The van der Waals surface area contributed by atoms with Crippen LogP contribution in [0.25, 0.3) is 9.88 Å². The lowest BCUT2D eigenvalue weighted by Crippen LogP contribution is -1.75. The fraction of sp³-hybridized carbons (Fsp3) is 0.125. The Morgan fingerprint density at radius 3 is 2.85 bits per heavy atom. The molecule has 2 heterocycles. The van der Waals surface area contributed by atoms with E-state index in [2.05, 4.69) is 17.6 Å². The molecule has 68 valence electrons. The zero-order valence-electron chi connectivity index (χ0n) is 6.53. The van der Waals surface area contributed by atoms with Crippen molar-refractivity contribution in [3.63, 3.8) is 0 Å². The Morgan fingerprint density at radius 1 is 1.46 bits per heavy atom. The van der Waals surface area contributed by atoms with Crippen LogP contribution in [0, 0.1) is 0 Å². The van der Waals surface area contributed by atoms with Crippen molar-refractivity contribution in [1.82, 2.24) is 4.98 Å². The van der Waals surface area contributed by atoms with E-state index in [-0.39, 0.29) is 0 Å². The van der Waals surface area contributed by atoms with Crippen LogP contribution >= 0.6 is 46.9 Å². The van der Waals surface area contributed by atoms with Gasteiger partial charge in [-0.25, -0.2) is 4.98 Å². The molecular weight excluding hydrogens is 242 g/mol. The summed E-state index contributed by atoms with van der Waals surface area (Å²) in [6, 6.07) is 3.89. The molecule has 0 aliphatic carbocycles. The third kappa shape index (κ3) is 2.07. The van der Waals surface area contributed by atoms with Crippen molar-refractivity contribution in [1.29, 1.82) is 0 Å². The third-order valence-corrected chi connectivity index (χ3v) is 4.11. The lowest BCUT2D eigenvalue weighted by Gasteiger charge is -1.86. The zero-order valence-corrected chi connectivity index (χ0v) is 9.81. The summed E-state index contributed by atoms with van der Waals surface area (Å²) < 4.78 is 0.803. The van der Waals surface area contributed by atoms with E-state index in [1.165, 1.54) is 0 Å². The molecule has 2 rings (SSSR count). The Hall–Kier alpha value is -0.0300. The largest absolute Gasteiger partial charge is 0.239 e. The molecule has 0 amide bonds. The van der Waals surface area contributed by atoms with Gasteiger partial charge in [-0.1, -0.05) is 11.6 Å². The van der Waals surface area contributed by atoms with Crippen LogP contribution in [-0.4, -0.2) is 4.98 Å². The van der Waals surface area contributed by atoms with Crippen LogP contribution in [0.1, 0.15) is 5.69 Å². The molecule has 0 bridgehead atoms. The lowest BCUT2D eigenvalue weighted by atomic mass is 10.5. The Kier molecular flexibility index (Phi) is 2.93. The second-order valence-corrected chi connectivity index (χ2v) is 5.30. The number of thiazole rings is 1. The molecule has 0 fully saturated rings. The summed E-state index contributed by atoms with van der Waals surface area (Å²) >= 11 is 13.2. The molecule has 0 radical (unpaired) electrons. The first-order valence-electron chi connectivity index (χ1n) is 3.60. The molecule has 0 saturated carbocycles. The van der Waals surface area contributed by atoms with Crippen LogP contribution in [-0.2, 0) is 5.75 Å². The SMILES string of the molecule is SCc1csc(-c2ccc(Cl)s2)n1. The fourth-order valence-electron chi connectivity index (χ4n) is 0.922. The number of thiophene rings is 1. The summed E-state index contributed by atoms with van der Waals surface area (Å²) in [6.45, 7) is 0. The van der Waals surface area contributed by atoms with Crippen molar-refractivity contribution >= 4 is 46.9 Å². The van der Waals surface area contributed by atoms with Gasteiger partial charge in [-0.3, -0.25) is 0 Å². The lowest BCUT2D eigenvalue weighted by molar-refractivity contribution is 1.25. The van der Waals surface area contributed by atoms with Gasteiger partial charge in [-0.2, -0.15) is 12.6 Å². The third-order valence-electron chi connectivity index (χ3n) is 1.50. The van der Waals surface area contributed by atoms with E-state index in [0.717, 1.165) is 19.9 Å². The summed E-state index contributed by atoms with van der Waals surface area (Å²) in [7, 11) is 0. The molecule has 0 N–H and O–H groups in total. The van der Waals surface area contributed by atoms with Crippen LogP contribution < -0.4 is 0 Å². The number of rotatable bonds is 2. The summed E-state index contributed by atoms with van der Waals surface area (Å²) in [4.78, 5) is 5.53. The Labute approximate surface area is 94.8 Å². The van der Waals surface area contributed by atoms with Crippen LogP contribution in [0.2, 0.25) is 4.34 Å². The minimum Gasteiger partial charge on any atom is -0.239 e. The van der Waals surface area contributed by atoms with Crippen LogP contribution in [0.5, 0.6) is 0 Å². The average molecular weight is 248 g/mol. The van der Waals surface area contributed by atoms with E-state index >= 15 is 0 Å². The molecule has 1 nitrogen and oxygen atoms in total. The molecule has 0 saturated heterocycles. The normalized spacial score (nSPS) is 10.6. The van der Waals surface area contributed by atoms with Gasteiger partial charge in [0.05, 0.1) is 14.9 Å². The summed E-state index contributed by atoms with van der Waals surface area (Å²) in [5.74, 6) is 0.690. The number of hydrogen-bond acceptors (Lipinski definition) is 4. The molecule has 2 aromatic rings. The van der Waals surface area contributed by atoms with Crippen LogP contribution in [0.4, 0.5) is 0 Å². The van der Waals surface area contributed by atoms with Gasteiger partial charge in [0, 0.05) is 11.1 Å². The van der Waals surface area contributed by atoms with Gasteiger partial charge < -0.3 is 0 Å². The molecule has 0 unspecified atom stereocenters. The summed E-state index contributed by atoms with van der Waals surface area (Å²) in [6.07, 6.45) is 0. The topological polar surface area (TPSA) is 12.9 Å². The zero-order chi connectivity index (χ0) is 9.26. The highest BCUT2D eigenvalue weighted by molar-refractivity contribution is 7.79. The predicted octanol–water partition coefficient (Wildman–Crippen LogP) is 3.95. The van der Waals surface area contributed by atoms with Crippen molar-refractivity contribution in [2.45, 2.75) is 5.75 Å². The first-order valence-corrected chi connectivity index (χ1v) is 6.31. The molecule has 13 heavy (non-hydrogen) atoms. The molecule has 5 heteroatoms. The number of aromatic nitrogens is 1. The molecular formula is C8H6ClNS3. The van der Waals surface area contributed by atoms with Crippen LogP contribution in [0.3, 0.4) is 0 Å². The smallest absolute Gasteiger partial charge is 0.133 e. The molecule has 0 atom stereocenters. The highest BCUT2D eigenvalue weighted by atomic mass is 35.5. The van der Waals surface area contributed by atoms with Crippen molar-refractivity contribution < 1.29 is 0 Å². The Morgan fingerprint density at radius 2 is 2.31 bits per heavy atom. The monoisotopic (exact) mass is 247 g/mol. The minimum atomic E-state index is 0.690. The van der Waals surface area contributed by atoms with E-state index in [4.69, 9.17) is 11.6 Å². The standard InChI is InChI=1S/C8H6ClNS3/c9-7-2-1-6(13-7)8-10-5(3-11)4-12-8/h1-2,4,11H,3H2. The van der Waals surface area contributed by atoms with Crippen molar-refractivity contribution in [2.75, 3.05) is 0 Å². The average Bonchev–Trinajstić information content (AvgIpc) is 2.71. The minimum absolute atomic E-state index is 0.690. The van der Waals surface area contributed by atoms with E-state index in [9.17, 15) is 0 Å². The molecule has 0 aromatic carbocycles. The van der Waals surface area contributed by atoms with Gasteiger partial charge in [-0.15, -0.1) is 22.7 Å². The predicted molar refractivity (Wildman–Crippen MR) is 63.1 cm³/mol. The summed E-state index contributed by atoms with van der Waals surface area (Å²) in [5, 5.41) is 3.05. The van der Waals surface area contributed by atoms with Gasteiger partial charge >= 0.3 is 0 Å². The maximum absolute atomic E-state index is 5.83. The molecule has 0 aliphatic heterocycles. The van der Waals surface area contributed by atoms with E-state index in [0.29, 0.717) is 5.75 Å². The Balaban J connectivity index is 2.35. The van der Waals surface area contributed by atoms with Gasteiger partial charge in [-0.05, 0) is 12.1 Å². The van der Waals surface area contributed by atoms with Gasteiger partial charge in [0.2, 0.25) is 0 Å².